The zero-order valence-electron chi connectivity index (χ0n) is 29.4. The molecule has 1 aliphatic rings. The molecule has 0 saturated carbocycles. The second-order valence-corrected chi connectivity index (χ2v) is 11.3. The van der Waals surface area contributed by atoms with E-state index in [2.05, 4.69) is 31.6 Å². The summed E-state index contributed by atoms with van der Waals surface area (Å²) in [6, 6.07) is 0. The Labute approximate surface area is 306 Å². The fourth-order valence-electron chi connectivity index (χ4n) is 4.47. The smallest absolute Gasteiger partial charge is 0.330 e. The maximum absolute atomic E-state index is 13.1. The van der Waals surface area contributed by atoms with Crippen molar-refractivity contribution in [2.75, 3.05) is 26.4 Å². The molecule has 0 aromatic rings. The third kappa shape index (κ3) is 21.4. The molecule has 1 fully saturated rings. The lowest BCUT2D eigenvalue weighted by atomic mass is 9.99. The van der Waals surface area contributed by atoms with Crippen molar-refractivity contribution in [2.24, 2.45) is 0 Å². The molecule has 0 aromatic heterocycles. The summed E-state index contributed by atoms with van der Waals surface area (Å²) in [5, 5.41) is 0. The quantitative estimate of drug-likeness (QED) is 0.0316. The lowest BCUT2D eigenvalue weighted by Gasteiger charge is -2.40. The maximum Gasteiger partial charge on any atom is 0.330 e. The number of esters is 6. The first kappa shape index (κ1) is 47.2. The molecule has 0 amide bonds. The Morgan fingerprint density at radius 3 is 1.71 bits per heavy atom. The number of ether oxygens (including phenoxy) is 7. The molecule has 0 N–H and O–H groups in total. The van der Waals surface area contributed by atoms with Gasteiger partial charge in [-0.15, -0.1) is 0 Å². The molecule has 0 bridgehead atoms. The Kier molecular flexibility index (Phi) is 26.2. The first-order valence-electron chi connectivity index (χ1n) is 17.1. The van der Waals surface area contributed by atoms with Crippen LogP contribution >= 0.6 is 0 Å². The molecule has 1 heterocycles. The van der Waals surface area contributed by atoms with Gasteiger partial charge in [0, 0.05) is 44.3 Å². The van der Waals surface area contributed by atoms with Crippen LogP contribution in [0.15, 0.2) is 38.0 Å². The van der Waals surface area contributed by atoms with Crippen LogP contribution in [0.3, 0.4) is 0 Å². The molecule has 0 spiro atoms. The Balaban J connectivity index is 0.0000260. The third-order valence-corrected chi connectivity index (χ3v) is 7.19. The Morgan fingerprint density at radius 2 is 1.17 bits per heavy atom. The molecule has 1 rings (SSSR count). The second-order valence-electron chi connectivity index (χ2n) is 11.3. The minimum atomic E-state index is -1.32. The number of hydrogen-bond acceptors (Lipinski definition) is 14. The topological polar surface area (TPSA) is 184 Å². The Bertz CT molecular complexity index is 1260. The molecule has 290 valence electrons. The average Bonchev–Trinajstić information content (AvgIpc) is 3.12. The molecule has 14 heteroatoms. The standard InChI is InChI=1S/C37H50O14.CH4/c1-5-9-19-32(41)48-25-28-36(50-34(43)20-13-11-10-12-18-27(38)6-2)37(51-35(44)22-15-17-24-46-31(40)8-4)29(26-47-28)49-33(42)21-14-16-23-45-30(39)7-3;/h6-8,28-29,36-37H,2-5,9-11,13-17,19-26H2,1H3;1H4/t28?,29-,36+,37+;/m1./s1. The number of allylic oxidation sites excluding steroid dienone is 1. The number of carbonyl (C=O) groups is 7. The number of unbranched alkanes of at least 4 members (excludes halogenated alkanes) is 5. The minimum absolute atomic E-state index is 0. The van der Waals surface area contributed by atoms with Gasteiger partial charge in [0.05, 0.1) is 19.8 Å². The summed E-state index contributed by atoms with van der Waals surface area (Å²) in [6.07, 6.45) is 2.16. The predicted molar refractivity (Wildman–Crippen MR) is 188 cm³/mol. The lowest BCUT2D eigenvalue weighted by molar-refractivity contribution is -0.233. The lowest BCUT2D eigenvalue weighted by Crippen LogP contribution is -2.59. The van der Waals surface area contributed by atoms with Gasteiger partial charge in [0.25, 0.3) is 0 Å². The van der Waals surface area contributed by atoms with Gasteiger partial charge >= 0.3 is 35.8 Å². The van der Waals surface area contributed by atoms with Crippen molar-refractivity contribution < 1.29 is 66.7 Å². The molecule has 1 aliphatic heterocycles. The van der Waals surface area contributed by atoms with Gasteiger partial charge in [-0.2, -0.15) is 0 Å². The Hall–Kier alpha value is -4.77. The van der Waals surface area contributed by atoms with E-state index in [1.54, 1.807) is 0 Å². The van der Waals surface area contributed by atoms with Gasteiger partial charge in [0.2, 0.25) is 5.78 Å². The largest absolute Gasteiger partial charge is 0.463 e. The van der Waals surface area contributed by atoms with E-state index in [-0.39, 0.29) is 66.0 Å². The normalized spacial score (nSPS) is 17.3. The summed E-state index contributed by atoms with van der Waals surface area (Å²) in [6.45, 7) is 11.5. The molecule has 0 radical (unpaired) electrons. The van der Waals surface area contributed by atoms with E-state index in [9.17, 15) is 33.6 Å². The Morgan fingerprint density at radius 1 is 0.654 bits per heavy atom. The molecular weight excluding hydrogens is 680 g/mol. The summed E-state index contributed by atoms with van der Waals surface area (Å²) in [5.74, 6) is 1.01. The van der Waals surface area contributed by atoms with Crippen LogP contribution in [0.1, 0.15) is 97.8 Å². The van der Waals surface area contributed by atoms with Gasteiger partial charge in [0.15, 0.2) is 18.3 Å². The minimum Gasteiger partial charge on any atom is -0.463 e. The van der Waals surface area contributed by atoms with Crippen molar-refractivity contribution in [1.29, 1.82) is 0 Å². The summed E-state index contributed by atoms with van der Waals surface area (Å²) in [7, 11) is 0. The molecule has 0 aromatic carbocycles. The van der Waals surface area contributed by atoms with Gasteiger partial charge in [-0.3, -0.25) is 24.0 Å². The van der Waals surface area contributed by atoms with Crippen LogP contribution in [0, 0.1) is 11.8 Å². The van der Waals surface area contributed by atoms with E-state index >= 15 is 0 Å². The van der Waals surface area contributed by atoms with Gasteiger partial charge in [-0.1, -0.05) is 46.4 Å². The van der Waals surface area contributed by atoms with Crippen LogP contribution in [0.5, 0.6) is 0 Å². The van der Waals surface area contributed by atoms with E-state index in [4.69, 9.17) is 33.2 Å². The van der Waals surface area contributed by atoms with E-state index in [0.717, 1.165) is 24.6 Å². The van der Waals surface area contributed by atoms with Crippen molar-refractivity contribution in [3.63, 3.8) is 0 Å². The van der Waals surface area contributed by atoms with Crippen molar-refractivity contribution in [3.8, 4) is 11.8 Å². The van der Waals surface area contributed by atoms with Crippen LogP contribution in [-0.4, -0.2) is 92.4 Å². The van der Waals surface area contributed by atoms with Gasteiger partial charge in [0.1, 0.15) is 12.7 Å². The summed E-state index contributed by atoms with van der Waals surface area (Å²) >= 11 is 0. The van der Waals surface area contributed by atoms with E-state index in [0.29, 0.717) is 44.9 Å². The fraction of sp³-hybridized carbons (Fsp3) is 0.605. The second kappa shape index (κ2) is 28.9. The molecule has 52 heavy (non-hydrogen) atoms. The number of hydrogen-bond donors (Lipinski definition) is 0. The highest BCUT2D eigenvalue weighted by molar-refractivity contribution is 6.03. The van der Waals surface area contributed by atoms with Crippen molar-refractivity contribution >= 4 is 41.6 Å². The van der Waals surface area contributed by atoms with Gasteiger partial charge < -0.3 is 33.2 Å². The first-order valence-corrected chi connectivity index (χ1v) is 17.1. The molecule has 1 saturated heterocycles. The highest BCUT2D eigenvalue weighted by Crippen LogP contribution is 2.26. The van der Waals surface area contributed by atoms with Crippen molar-refractivity contribution in [1.82, 2.24) is 0 Å². The highest BCUT2D eigenvalue weighted by atomic mass is 16.7. The first-order chi connectivity index (χ1) is 24.5. The maximum atomic E-state index is 13.1. The van der Waals surface area contributed by atoms with E-state index in [1.807, 2.05) is 6.92 Å². The predicted octanol–water partition coefficient (Wildman–Crippen LogP) is 4.61. The van der Waals surface area contributed by atoms with Crippen LogP contribution < -0.4 is 0 Å². The molecular formula is C38H54O14. The van der Waals surface area contributed by atoms with Gasteiger partial charge in [-0.05, 0) is 56.9 Å². The fourth-order valence-corrected chi connectivity index (χ4v) is 4.47. The zero-order chi connectivity index (χ0) is 37.9. The molecule has 4 atom stereocenters. The highest BCUT2D eigenvalue weighted by Gasteiger charge is 2.48. The number of rotatable bonds is 25. The molecule has 0 aliphatic carbocycles. The van der Waals surface area contributed by atoms with Crippen LogP contribution in [0.25, 0.3) is 0 Å². The van der Waals surface area contributed by atoms with Crippen molar-refractivity contribution in [2.45, 2.75) is 122 Å². The van der Waals surface area contributed by atoms with Crippen LogP contribution in [-0.2, 0) is 66.7 Å². The SMILES string of the molecule is C.C=CC(=O)C#CCCCCC(=O)O[C@H]1C(COC(=O)CCCC)OC[C@@H](OC(=O)CCCCOC(=O)C=C)[C@@H]1OC(=O)CCCCOC(=O)C=C. The molecule has 14 nitrogen and oxygen atoms in total. The summed E-state index contributed by atoms with van der Waals surface area (Å²) < 4.78 is 38.3. The summed E-state index contributed by atoms with van der Waals surface area (Å²) in [5.41, 5.74) is 0. The van der Waals surface area contributed by atoms with Gasteiger partial charge in [-0.25, -0.2) is 9.59 Å². The zero-order valence-corrected chi connectivity index (χ0v) is 29.4. The summed E-state index contributed by atoms with van der Waals surface area (Å²) in [4.78, 5) is 85.0. The van der Waals surface area contributed by atoms with Crippen LogP contribution in [0.4, 0.5) is 0 Å². The number of carbonyl (C=O) groups excluding carboxylic acids is 7. The molecule has 1 unspecified atom stereocenters. The van der Waals surface area contributed by atoms with E-state index < -0.39 is 66.0 Å². The third-order valence-electron chi connectivity index (χ3n) is 7.19. The number of ketones is 1. The average molecular weight is 735 g/mol. The van der Waals surface area contributed by atoms with E-state index in [1.165, 1.54) is 0 Å². The van der Waals surface area contributed by atoms with Crippen molar-refractivity contribution in [3.05, 3.63) is 38.0 Å². The van der Waals surface area contributed by atoms with Crippen LogP contribution in [0.2, 0.25) is 0 Å². The monoisotopic (exact) mass is 734 g/mol.